The number of allylic oxidation sites excluding steroid dienone is 4. The second-order valence-corrected chi connectivity index (χ2v) is 5.37. The summed E-state index contributed by atoms with van der Waals surface area (Å²) in [4.78, 5) is 10.5. The van der Waals surface area contributed by atoms with Crippen LogP contribution in [0.15, 0.2) is 23.3 Å². The average molecular weight is 264 g/mol. The van der Waals surface area contributed by atoms with Crippen molar-refractivity contribution in [3.05, 3.63) is 23.3 Å². The fraction of sp³-hybridized carbons (Fsp3) is 0.706. The Kier molecular flexibility index (Phi) is 8.28. The molecule has 0 heterocycles. The van der Waals surface area contributed by atoms with Gasteiger partial charge in [0, 0.05) is 6.92 Å². The summed E-state index contributed by atoms with van der Waals surface area (Å²) in [5.74, 6) is -0.161. The van der Waals surface area contributed by atoms with Gasteiger partial charge in [0.2, 0.25) is 0 Å². The van der Waals surface area contributed by atoms with Gasteiger partial charge in [-0.25, -0.2) is 0 Å². The highest BCUT2D eigenvalue weighted by molar-refractivity contribution is 5.65. The van der Waals surface area contributed by atoms with Crippen LogP contribution in [0.2, 0.25) is 0 Å². The predicted octanol–water partition coefficient (Wildman–Crippen LogP) is 4.95. The zero-order valence-corrected chi connectivity index (χ0v) is 12.5. The maximum atomic E-state index is 10.5. The molecular formula is C17H28O2. The van der Waals surface area contributed by atoms with Crippen molar-refractivity contribution in [2.24, 2.45) is 0 Å². The van der Waals surface area contributed by atoms with Crippen molar-refractivity contribution in [2.75, 3.05) is 6.61 Å². The Morgan fingerprint density at radius 1 is 1.11 bits per heavy atom. The Labute approximate surface area is 117 Å². The first-order valence-electron chi connectivity index (χ1n) is 7.68. The van der Waals surface area contributed by atoms with Gasteiger partial charge < -0.3 is 4.74 Å². The van der Waals surface area contributed by atoms with Gasteiger partial charge in [-0.15, -0.1) is 0 Å². The van der Waals surface area contributed by atoms with E-state index in [2.05, 4.69) is 19.1 Å². The monoisotopic (exact) mass is 264 g/mol. The molecule has 0 aromatic carbocycles. The van der Waals surface area contributed by atoms with Gasteiger partial charge in [0.15, 0.2) is 0 Å². The van der Waals surface area contributed by atoms with Crippen molar-refractivity contribution in [2.45, 2.75) is 71.6 Å². The number of unbranched alkanes of at least 4 members (excludes halogenated alkanes) is 5. The van der Waals surface area contributed by atoms with Gasteiger partial charge in [0.25, 0.3) is 0 Å². The van der Waals surface area contributed by atoms with E-state index < -0.39 is 0 Å². The second-order valence-electron chi connectivity index (χ2n) is 5.37. The molecule has 0 spiro atoms. The largest absolute Gasteiger partial charge is 0.466 e. The first-order chi connectivity index (χ1) is 9.24. The van der Waals surface area contributed by atoms with Gasteiger partial charge in [0.05, 0.1) is 6.61 Å². The third kappa shape index (κ3) is 8.63. The minimum absolute atomic E-state index is 0.161. The molecule has 108 valence electrons. The highest BCUT2D eigenvalue weighted by atomic mass is 16.5. The smallest absolute Gasteiger partial charge is 0.302 e. The Hall–Kier alpha value is -1.05. The lowest BCUT2D eigenvalue weighted by Gasteiger charge is -2.02. The van der Waals surface area contributed by atoms with Crippen molar-refractivity contribution in [3.8, 4) is 0 Å². The van der Waals surface area contributed by atoms with Crippen LogP contribution in [-0.4, -0.2) is 12.6 Å². The normalized spacial score (nSPS) is 14.2. The zero-order valence-electron chi connectivity index (χ0n) is 12.5. The summed E-state index contributed by atoms with van der Waals surface area (Å²) >= 11 is 0. The summed E-state index contributed by atoms with van der Waals surface area (Å²) in [6.07, 6.45) is 15.7. The van der Waals surface area contributed by atoms with Crippen LogP contribution >= 0.6 is 0 Å². The SMILES string of the molecule is C/C=C/CC1=C(CCCCCCCCOC(C)=O)C1. The summed E-state index contributed by atoms with van der Waals surface area (Å²) < 4.78 is 4.90. The molecule has 0 aromatic rings. The van der Waals surface area contributed by atoms with Crippen LogP contribution in [-0.2, 0) is 9.53 Å². The molecule has 19 heavy (non-hydrogen) atoms. The van der Waals surface area contributed by atoms with Crippen molar-refractivity contribution in [3.63, 3.8) is 0 Å². The Morgan fingerprint density at radius 3 is 2.47 bits per heavy atom. The van der Waals surface area contributed by atoms with Crippen LogP contribution in [0.25, 0.3) is 0 Å². The van der Waals surface area contributed by atoms with E-state index in [1.807, 2.05) is 0 Å². The molecule has 0 aliphatic heterocycles. The highest BCUT2D eigenvalue weighted by Crippen LogP contribution is 2.37. The number of rotatable bonds is 11. The first-order valence-corrected chi connectivity index (χ1v) is 7.68. The molecule has 0 fully saturated rings. The number of hydrogen-bond donors (Lipinski definition) is 0. The van der Waals surface area contributed by atoms with Crippen molar-refractivity contribution in [1.82, 2.24) is 0 Å². The first kappa shape index (κ1) is 16.0. The second kappa shape index (κ2) is 9.82. The molecule has 0 saturated carbocycles. The van der Waals surface area contributed by atoms with E-state index in [4.69, 9.17) is 4.74 Å². The summed E-state index contributed by atoms with van der Waals surface area (Å²) in [7, 11) is 0. The molecule has 0 amide bonds. The lowest BCUT2D eigenvalue weighted by molar-refractivity contribution is -0.141. The molecule has 1 rings (SSSR count). The van der Waals surface area contributed by atoms with Crippen LogP contribution in [0.3, 0.4) is 0 Å². The average Bonchev–Trinajstić information content (AvgIpc) is 3.12. The van der Waals surface area contributed by atoms with E-state index in [0.717, 1.165) is 6.42 Å². The summed E-state index contributed by atoms with van der Waals surface area (Å²) in [5.41, 5.74) is 3.40. The standard InChI is InChI=1S/C17H28O2/c1-3-4-11-16-14-17(16)12-9-7-5-6-8-10-13-19-15(2)18/h3-4H,5-14H2,1-2H3/b4-3+. The zero-order chi connectivity index (χ0) is 13.9. The summed E-state index contributed by atoms with van der Waals surface area (Å²) in [6.45, 7) is 4.15. The fourth-order valence-electron chi connectivity index (χ4n) is 2.32. The number of carbonyl (C=O) groups is 1. The van der Waals surface area contributed by atoms with Crippen LogP contribution < -0.4 is 0 Å². The highest BCUT2D eigenvalue weighted by Gasteiger charge is 2.18. The quantitative estimate of drug-likeness (QED) is 0.300. The Morgan fingerprint density at radius 2 is 1.79 bits per heavy atom. The minimum atomic E-state index is -0.161. The maximum absolute atomic E-state index is 10.5. The molecule has 0 N–H and O–H groups in total. The molecule has 2 nitrogen and oxygen atoms in total. The minimum Gasteiger partial charge on any atom is -0.466 e. The van der Waals surface area contributed by atoms with E-state index in [0.29, 0.717) is 6.61 Å². The van der Waals surface area contributed by atoms with Gasteiger partial charge in [0.1, 0.15) is 0 Å². The third-order valence-electron chi connectivity index (χ3n) is 3.58. The van der Waals surface area contributed by atoms with Gasteiger partial charge in [-0.3, -0.25) is 4.79 Å². The molecule has 1 aliphatic carbocycles. The van der Waals surface area contributed by atoms with Crippen LogP contribution in [0.1, 0.15) is 71.6 Å². The van der Waals surface area contributed by atoms with E-state index in [9.17, 15) is 4.79 Å². The van der Waals surface area contributed by atoms with E-state index >= 15 is 0 Å². The number of esters is 1. The van der Waals surface area contributed by atoms with E-state index in [1.54, 1.807) is 11.1 Å². The number of carbonyl (C=O) groups excluding carboxylic acids is 1. The molecule has 1 aliphatic rings. The Balaban J connectivity index is 1.82. The maximum Gasteiger partial charge on any atom is 0.302 e. The van der Waals surface area contributed by atoms with Gasteiger partial charge >= 0.3 is 5.97 Å². The summed E-state index contributed by atoms with van der Waals surface area (Å²) in [5, 5.41) is 0. The number of ether oxygens (including phenoxy) is 1. The third-order valence-corrected chi connectivity index (χ3v) is 3.58. The molecule has 0 radical (unpaired) electrons. The lowest BCUT2D eigenvalue weighted by atomic mass is 10.1. The van der Waals surface area contributed by atoms with Gasteiger partial charge in [-0.1, -0.05) is 49.0 Å². The fourth-order valence-corrected chi connectivity index (χ4v) is 2.32. The van der Waals surface area contributed by atoms with Crippen molar-refractivity contribution >= 4 is 5.97 Å². The van der Waals surface area contributed by atoms with Crippen LogP contribution in [0.4, 0.5) is 0 Å². The number of hydrogen-bond acceptors (Lipinski definition) is 2. The summed E-state index contributed by atoms with van der Waals surface area (Å²) in [6, 6.07) is 0. The van der Waals surface area contributed by atoms with Crippen LogP contribution in [0, 0.1) is 0 Å². The van der Waals surface area contributed by atoms with Crippen molar-refractivity contribution < 1.29 is 9.53 Å². The topological polar surface area (TPSA) is 26.3 Å². The Bertz CT molecular complexity index is 326. The molecule has 2 heteroatoms. The molecular weight excluding hydrogens is 236 g/mol. The predicted molar refractivity (Wildman–Crippen MR) is 80.0 cm³/mol. The van der Waals surface area contributed by atoms with Gasteiger partial charge in [-0.2, -0.15) is 0 Å². The van der Waals surface area contributed by atoms with E-state index in [-0.39, 0.29) is 5.97 Å². The molecule has 0 saturated heterocycles. The molecule has 0 unspecified atom stereocenters. The van der Waals surface area contributed by atoms with Crippen LogP contribution in [0.5, 0.6) is 0 Å². The molecule has 0 atom stereocenters. The molecule has 0 bridgehead atoms. The van der Waals surface area contributed by atoms with Crippen molar-refractivity contribution in [1.29, 1.82) is 0 Å². The van der Waals surface area contributed by atoms with E-state index in [1.165, 1.54) is 58.3 Å². The lowest BCUT2D eigenvalue weighted by Crippen LogP contribution is -1.99. The molecule has 0 aromatic heterocycles. The van der Waals surface area contributed by atoms with Gasteiger partial charge in [-0.05, 0) is 39.0 Å².